The molecule has 0 saturated carbocycles. The van der Waals surface area contributed by atoms with Crippen LogP contribution in [0.2, 0.25) is 0 Å². The van der Waals surface area contributed by atoms with Gasteiger partial charge < -0.3 is 14.3 Å². The van der Waals surface area contributed by atoms with Crippen LogP contribution in [0.5, 0.6) is 5.75 Å². The maximum absolute atomic E-state index is 13.2. The molecule has 2 aromatic rings. The first-order chi connectivity index (χ1) is 8.16. The van der Waals surface area contributed by atoms with Crippen LogP contribution in [0.4, 0.5) is 4.39 Å². The third-order valence-electron chi connectivity index (χ3n) is 2.08. The second-order valence-corrected chi connectivity index (χ2v) is 3.29. The molecule has 0 saturated heterocycles. The number of para-hydroxylation sites is 1. The number of aromatic carboxylic acids is 1. The molecule has 0 aliphatic heterocycles. The highest BCUT2D eigenvalue weighted by Crippen LogP contribution is 2.17. The molecule has 0 fully saturated rings. The van der Waals surface area contributed by atoms with E-state index in [1.54, 1.807) is 12.1 Å². The number of halogens is 1. The number of carboxylic acid groups (broad SMARTS) is 1. The molecule has 17 heavy (non-hydrogen) atoms. The number of ether oxygens (including phenoxy) is 1. The van der Waals surface area contributed by atoms with Crippen molar-refractivity contribution in [3.8, 4) is 5.75 Å². The summed E-state index contributed by atoms with van der Waals surface area (Å²) in [6.07, 6.45) is 0. The van der Waals surface area contributed by atoms with Gasteiger partial charge in [-0.3, -0.25) is 0 Å². The third-order valence-corrected chi connectivity index (χ3v) is 2.08. The van der Waals surface area contributed by atoms with E-state index in [0.717, 1.165) is 0 Å². The van der Waals surface area contributed by atoms with Gasteiger partial charge in [-0.2, -0.15) is 0 Å². The molecule has 0 radical (unpaired) electrons. The number of hydrogen-bond donors (Lipinski definition) is 1. The zero-order chi connectivity index (χ0) is 12.3. The summed E-state index contributed by atoms with van der Waals surface area (Å²) in [5.41, 5.74) is 0. The molecule has 88 valence electrons. The standard InChI is InChI=1S/C12H9FO4/c13-9-3-1-2-4-10(9)16-7-8-5-6-11(17-8)12(14)15/h1-6H,7H2,(H,14,15). The molecule has 0 aliphatic rings. The smallest absolute Gasteiger partial charge is 0.371 e. The predicted octanol–water partition coefficient (Wildman–Crippen LogP) is 2.70. The zero-order valence-electron chi connectivity index (χ0n) is 8.72. The van der Waals surface area contributed by atoms with Crippen molar-refractivity contribution >= 4 is 5.97 Å². The van der Waals surface area contributed by atoms with Gasteiger partial charge in [-0.25, -0.2) is 9.18 Å². The Morgan fingerprint density at radius 3 is 2.71 bits per heavy atom. The molecule has 1 aromatic carbocycles. The first-order valence-corrected chi connectivity index (χ1v) is 4.86. The molecular weight excluding hydrogens is 227 g/mol. The molecular formula is C12H9FO4. The van der Waals surface area contributed by atoms with E-state index in [1.165, 1.54) is 24.3 Å². The highest BCUT2D eigenvalue weighted by Gasteiger charge is 2.09. The monoisotopic (exact) mass is 236 g/mol. The number of furan rings is 1. The summed E-state index contributed by atoms with van der Waals surface area (Å²) in [7, 11) is 0. The van der Waals surface area contributed by atoms with E-state index in [9.17, 15) is 9.18 Å². The highest BCUT2D eigenvalue weighted by atomic mass is 19.1. The second-order valence-electron chi connectivity index (χ2n) is 3.29. The van der Waals surface area contributed by atoms with Gasteiger partial charge in [0.05, 0.1) is 0 Å². The Morgan fingerprint density at radius 1 is 1.29 bits per heavy atom. The van der Waals surface area contributed by atoms with Crippen molar-refractivity contribution in [1.29, 1.82) is 0 Å². The van der Waals surface area contributed by atoms with Gasteiger partial charge in [0.15, 0.2) is 11.6 Å². The highest BCUT2D eigenvalue weighted by molar-refractivity contribution is 5.84. The predicted molar refractivity (Wildman–Crippen MR) is 56.4 cm³/mol. The topological polar surface area (TPSA) is 59.7 Å². The zero-order valence-corrected chi connectivity index (χ0v) is 8.72. The van der Waals surface area contributed by atoms with E-state index in [0.29, 0.717) is 5.76 Å². The van der Waals surface area contributed by atoms with Crippen molar-refractivity contribution in [3.63, 3.8) is 0 Å². The Hall–Kier alpha value is -2.30. The van der Waals surface area contributed by atoms with Crippen molar-refractivity contribution in [2.24, 2.45) is 0 Å². The van der Waals surface area contributed by atoms with Gasteiger partial charge >= 0.3 is 5.97 Å². The van der Waals surface area contributed by atoms with Crippen LogP contribution >= 0.6 is 0 Å². The molecule has 0 unspecified atom stereocenters. The van der Waals surface area contributed by atoms with Gasteiger partial charge in [0.2, 0.25) is 5.76 Å². The van der Waals surface area contributed by atoms with Crippen molar-refractivity contribution in [1.82, 2.24) is 0 Å². The number of carbonyl (C=O) groups is 1. The van der Waals surface area contributed by atoms with Crippen LogP contribution in [0.1, 0.15) is 16.3 Å². The number of hydrogen-bond acceptors (Lipinski definition) is 3. The van der Waals surface area contributed by atoms with Crippen molar-refractivity contribution in [2.45, 2.75) is 6.61 Å². The Labute approximate surface area is 96.2 Å². The minimum absolute atomic E-state index is 0.0196. The van der Waals surface area contributed by atoms with Crippen LogP contribution < -0.4 is 4.74 Å². The lowest BCUT2D eigenvalue weighted by molar-refractivity contribution is 0.0658. The molecule has 0 bridgehead atoms. The maximum Gasteiger partial charge on any atom is 0.371 e. The lowest BCUT2D eigenvalue weighted by Crippen LogP contribution is -1.96. The number of carboxylic acids is 1. The molecule has 0 atom stereocenters. The first kappa shape index (κ1) is 11.2. The fourth-order valence-electron chi connectivity index (χ4n) is 1.28. The Kier molecular flexibility index (Phi) is 3.09. The minimum atomic E-state index is -1.15. The van der Waals surface area contributed by atoms with E-state index in [1.807, 2.05) is 0 Å². The van der Waals surface area contributed by atoms with Crippen LogP contribution in [-0.2, 0) is 6.61 Å². The van der Waals surface area contributed by atoms with Gasteiger partial charge in [0, 0.05) is 0 Å². The Balaban J connectivity index is 2.02. The lowest BCUT2D eigenvalue weighted by Gasteiger charge is -2.04. The summed E-state index contributed by atoms with van der Waals surface area (Å²) < 4.78 is 23.3. The van der Waals surface area contributed by atoms with Crippen LogP contribution in [0.3, 0.4) is 0 Å². The van der Waals surface area contributed by atoms with Gasteiger partial charge in [-0.15, -0.1) is 0 Å². The summed E-state index contributed by atoms with van der Waals surface area (Å²) in [4.78, 5) is 10.5. The van der Waals surface area contributed by atoms with Crippen LogP contribution in [0.15, 0.2) is 40.8 Å². The van der Waals surface area contributed by atoms with Gasteiger partial charge in [-0.1, -0.05) is 12.1 Å². The largest absolute Gasteiger partial charge is 0.483 e. The molecule has 0 aliphatic carbocycles. The van der Waals surface area contributed by atoms with Crippen molar-refractivity contribution in [3.05, 3.63) is 53.7 Å². The third kappa shape index (κ3) is 2.63. The van der Waals surface area contributed by atoms with E-state index in [4.69, 9.17) is 14.3 Å². The van der Waals surface area contributed by atoms with E-state index in [2.05, 4.69) is 0 Å². The molecule has 1 heterocycles. The first-order valence-electron chi connectivity index (χ1n) is 4.86. The van der Waals surface area contributed by atoms with E-state index in [-0.39, 0.29) is 18.1 Å². The fourth-order valence-corrected chi connectivity index (χ4v) is 1.28. The summed E-state index contributed by atoms with van der Waals surface area (Å²) in [6, 6.07) is 8.75. The van der Waals surface area contributed by atoms with Gasteiger partial charge in [0.1, 0.15) is 12.4 Å². The van der Waals surface area contributed by atoms with E-state index >= 15 is 0 Å². The van der Waals surface area contributed by atoms with Gasteiger partial charge in [-0.05, 0) is 24.3 Å². The van der Waals surface area contributed by atoms with Crippen molar-refractivity contribution < 1.29 is 23.4 Å². The summed E-state index contributed by atoms with van der Waals surface area (Å²) in [5, 5.41) is 8.63. The van der Waals surface area contributed by atoms with Crippen LogP contribution in [0.25, 0.3) is 0 Å². The Bertz CT molecular complexity index is 533. The van der Waals surface area contributed by atoms with Crippen LogP contribution in [0, 0.1) is 5.82 Å². The minimum Gasteiger partial charge on any atom is -0.483 e. The summed E-state index contributed by atoms with van der Waals surface area (Å²) >= 11 is 0. The van der Waals surface area contributed by atoms with Gasteiger partial charge in [0.25, 0.3) is 0 Å². The fraction of sp³-hybridized carbons (Fsp3) is 0.0833. The molecule has 1 aromatic heterocycles. The quantitative estimate of drug-likeness (QED) is 0.886. The molecule has 4 nitrogen and oxygen atoms in total. The molecule has 2 rings (SSSR count). The molecule has 0 spiro atoms. The van der Waals surface area contributed by atoms with Crippen molar-refractivity contribution in [2.75, 3.05) is 0 Å². The maximum atomic E-state index is 13.2. The van der Waals surface area contributed by atoms with E-state index < -0.39 is 11.8 Å². The average Bonchev–Trinajstić information content (AvgIpc) is 2.77. The molecule has 5 heteroatoms. The van der Waals surface area contributed by atoms with Crippen LogP contribution in [-0.4, -0.2) is 11.1 Å². The number of benzene rings is 1. The lowest BCUT2D eigenvalue weighted by atomic mass is 10.3. The molecule has 1 N–H and O–H groups in total. The SMILES string of the molecule is O=C(O)c1ccc(COc2ccccc2F)o1. The molecule has 0 amide bonds. The number of rotatable bonds is 4. The Morgan fingerprint density at radius 2 is 2.06 bits per heavy atom. The summed E-state index contributed by atoms with van der Waals surface area (Å²) in [6.45, 7) is -0.0196. The summed E-state index contributed by atoms with van der Waals surface area (Å²) in [5.74, 6) is -1.37. The normalized spacial score (nSPS) is 10.2. The average molecular weight is 236 g/mol. The second kappa shape index (κ2) is 4.69.